The Kier molecular flexibility index (Phi) is 7.05. The third kappa shape index (κ3) is 5.21. The van der Waals surface area contributed by atoms with Crippen molar-refractivity contribution in [2.45, 2.75) is 43.9 Å². The summed E-state index contributed by atoms with van der Waals surface area (Å²) in [5.74, 6) is -0.0994. The summed E-state index contributed by atoms with van der Waals surface area (Å²) in [4.78, 5) is 11.9. The van der Waals surface area contributed by atoms with Gasteiger partial charge in [0, 0.05) is 25.3 Å². The second-order valence-corrected chi connectivity index (χ2v) is 7.99. The first-order valence-electron chi connectivity index (χ1n) is 8.65. The van der Waals surface area contributed by atoms with Gasteiger partial charge in [-0.05, 0) is 37.5 Å². The molecule has 1 saturated heterocycles. The summed E-state index contributed by atoms with van der Waals surface area (Å²) in [6.07, 6.45) is 4.87. The van der Waals surface area contributed by atoms with E-state index in [1.807, 2.05) is 6.92 Å². The van der Waals surface area contributed by atoms with E-state index in [0.29, 0.717) is 25.3 Å². The molecule has 24 heavy (non-hydrogen) atoms. The summed E-state index contributed by atoms with van der Waals surface area (Å²) in [5.41, 5.74) is 0.637. The number of carbonyl (C=O) groups is 1. The van der Waals surface area contributed by atoms with Crippen LogP contribution >= 0.6 is 0 Å². The number of sulfonamides is 1. The Morgan fingerprint density at radius 3 is 2.54 bits per heavy atom. The lowest BCUT2D eigenvalue weighted by Crippen LogP contribution is -2.32. The van der Waals surface area contributed by atoms with E-state index >= 15 is 0 Å². The highest BCUT2D eigenvalue weighted by Gasteiger charge is 2.25. The fourth-order valence-corrected chi connectivity index (χ4v) is 4.27. The molecule has 1 fully saturated rings. The van der Waals surface area contributed by atoms with E-state index in [-0.39, 0.29) is 17.3 Å². The van der Waals surface area contributed by atoms with Crippen LogP contribution in [-0.4, -0.2) is 44.8 Å². The summed E-state index contributed by atoms with van der Waals surface area (Å²) < 4.78 is 27.2. The average Bonchev–Trinajstić information content (AvgIpc) is 2.88. The van der Waals surface area contributed by atoms with Crippen LogP contribution in [0.25, 0.3) is 0 Å². The molecule has 2 rings (SSSR count). The summed E-state index contributed by atoms with van der Waals surface area (Å²) in [6.45, 7) is 3.93. The fourth-order valence-electron chi connectivity index (χ4n) is 2.71. The monoisotopic (exact) mass is 353 g/mol. The lowest BCUT2D eigenvalue weighted by Gasteiger charge is -2.20. The zero-order valence-corrected chi connectivity index (χ0v) is 15.1. The van der Waals surface area contributed by atoms with Gasteiger partial charge < -0.3 is 10.6 Å². The minimum atomic E-state index is -3.47. The van der Waals surface area contributed by atoms with Crippen LogP contribution in [0.3, 0.4) is 0 Å². The number of amides is 1. The number of hydrogen-bond acceptors (Lipinski definition) is 4. The number of nitrogens with one attached hydrogen (secondary N) is 2. The normalized spacial score (nSPS) is 16.4. The molecule has 1 heterocycles. The van der Waals surface area contributed by atoms with Crippen molar-refractivity contribution < 1.29 is 13.2 Å². The highest BCUT2D eigenvalue weighted by molar-refractivity contribution is 7.89. The van der Waals surface area contributed by atoms with Crippen molar-refractivity contribution in [3.8, 4) is 0 Å². The zero-order chi connectivity index (χ0) is 17.4. The molecule has 134 valence electrons. The van der Waals surface area contributed by atoms with E-state index in [1.54, 1.807) is 28.6 Å². The molecular weight excluding hydrogens is 326 g/mol. The maximum atomic E-state index is 12.8. The molecule has 7 heteroatoms. The SMILES string of the molecule is CCCNC(=O)CNc1cccc(S(=O)(=O)N2CCCCCC2)c1. The van der Waals surface area contributed by atoms with Gasteiger partial charge in [-0.15, -0.1) is 0 Å². The molecule has 0 unspecified atom stereocenters. The highest BCUT2D eigenvalue weighted by atomic mass is 32.2. The van der Waals surface area contributed by atoms with Crippen molar-refractivity contribution in [3.63, 3.8) is 0 Å². The van der Waals surface area contributed by atoms with Crippen LogP contribution in [0, 0.1) is 0 Å². The Labute approximate surface area is 144 Å². The maximum absolute atomic E-state index is 12.8. The second-order valence-electron chi connectivity index (χ2n) is 6.05. The minimum Gasteiger partial charge on any atom is -0.376 e. The number of hydrogen-bond donors (Lipinski definition) is 2. The third-order valence-corrected chi connectivity index (χ3v) is 5.96. The molecule has 1 aliphatic rings. The van der Waals surface area contributed by atoms with Gasteiger partial charge in [-0.25, -0.2) is 8.42 Å². The van der Waals surface area contributed by atoms with E-state index in [1.165, 1.54) is 0 Å². The molecule has 1 aliphatic heterocycles. The fraction of sp³-hybridized carbons (Fsp3) is 0.588. The molecule has 0 radical (unpaired) electrons. The van der Waals surface area contributed by atoms with Gasteiger partial charge in [-0.1, -0.05) is 25.8 Å². The first kappa shape index (κ1) is 18.7. The van der Waals surface area contributed by atoms with E-state index in [9.17, 15) is 13.2 Å². The molecule has 0 bridgehead atoms. The number of carbonyl (C=O) groups excluding carboxylic acids is 1. The van der Waals surface area contributed by atoms with Crippen molar-refractivity contribution in [1.82, 2.24) is 9.62 Å². The Balaban J connectivity index is 2.04. The van der Waals surface area contributed by atoms with E-state index in [0.717, 1.165) is 32.1 Å². The predicted molar refractivity (Wildman–Crippen MR) is 95.5 cm³/mol. The summed E-state index contributed by atoms with van der Waals surface area (Å²) in [7, 11) is -3.47. The van der Waals surface area contributed by atoms with Crippen LogP contribution in [0.2, 0.25) is 0 Å². The predicted octanol–water partition coefficient (Wildman–Crippen LogP) is 2.19. The topological polar surface area (TPSA) is 78.5 Å². The molecule has 1 aromatic carbocycles. The summed E-state index contributed by atoms with van der Waals surface area (Å²) in [6, 6.07) is 6.70. The summed E-state index contributed by atoms with van der Waals surface area (Å²) in [5, 5.41) is 5.76. The first-order chi connectivity index (χ1) is 11.5. The van der Waals surface area contributed by atoms with Crippen LogP contribution in [0.1, 0.15) is 39.0 Å². The second kappa shape index (κ2) is 9.03. The quantitative estimate of drug-likeness (QED) is 0.788. The zero-order valence-electron chi connectivity index (χ0n) is 14.3. The number of benzene rings is 1. The van der Waals surface area contributed by atoms with Gasteiger partial charge >= 0.3 is 0 Å². The number of rotatable bonds is 7. The molecule has 0 atom stereocenters. The number of anilines is 1. The Morgan fingerprint density at radius 2 is 1.88 bits per heavy atom. The van der Waals surface area contributed by atoms with Gasteiger partial charge in [0.25, 0.3) is 0 Å². The highest BCUT2D eigenvalue weighted by Crippen LogP contribution is 2.22. The minimum absolute atomic E-state index is 0.0994. The molecule has 0 aromatic heterocycles. The smallest absolute Gasteiger partial charge is 0.243 e. The Bertz CT molecular complexity index is 638. The number of nitrogens with zero attached hydrogens (tertiary/aromatic N) is 1. The van der Waals surface area contributed by atoms with Gasteiger partial charge in [0.1, 0.15) is 0 Å². The molecule has 1 amide bonds. The first-order valence-corrected chi connectivity index (χ1v) is 10.1. The van der Waals surface area contributed by atoms with Gasteiger partial charge in [0.2, 0.25) is 15.9 Å². The molecule has 6 nitrogen and oxygen atoms in total. The van der Waals surface area contributed by atoms with Gasteiger partial charge in [-0.2, -0.15) is 4.31 Å². The van der Waals surface area contributed by atoms with Gasteiger partial charge in [0.15, 0.2) is 0 Å². The molecule has 2 N–H and O–H groups in total. The Hall–Kier alpha value is -1.60. The van der Waals surface area contributed by atoms with Crippen LogP contribution in [-0.2, 0) is 14.8 Å². The van der Waals surface area contributed by atoms with E-state index < -0.39 is 10.0 Å². The average molecular weight is 353 g/mol. The Morgan fingerprint density at radius 1 is 1.17 bits per heavy atom. The molecule has 1 aromatic rings. The molecule has 0 aliphatic carbocycles. The van der Waals surface area contributed by atoms with Crippen LogP contribution < -0.4 is 10.6 Å². The summed E-state index contributed by atoms with van der Waals surface area (Å²) >= 11 is 0. The molecule has 0 saturated carbocycles. The largest absolute Gasteiger partial charge is 0.376 e. The molecule has 0 spiro atoms. The van der Waals surface area contributed by atoms with E-state index in [4.69, 9.17) is 0 Å². The van der Waals surface area contributed by atoms with Crippen molar-refractivity contribution in [2.75, 3.05) is 31.5 Å². The van der Waals surface area contributed by atoms with Crippen LogP contribution in [0.4, 0.5) is 5.69 Å². The van der Waals surface area contributed by atoms with Crippen molar-refractivity contribution in [3.05, 3.63) is 24.3 Å². The van der Waals surface area contributed by atoms with Gasteiger partial charge in [-0.3, -0.25) is 4.79 Å². The third-order valence-electron chi connectivity index (χ3n) is 4.06. The maximum Gasteiger partial charge on any atom is 0.243 e. The lowest BCUT2D eigenvalue weighted by molar-refractivity contribution is -0.119. The lowest BCUT2D eigenvalue weighted by atomic mass is 10.2. The molecular formula is C17H27N3O3S. The standard InChI is InChI=1S/C17H27N3O3S/c1-2-10-18-17(21)14-19-15-8-7-9-16(13-15)24(22,23)20-11-5-3-4-6-12-20/h7-9,13,19H,2-6,10-12,14H2,1H3,(H,18,21). The van der Waals surface area contributed by atoms with E-state index in [2.05, 4.69) is 10.6 Å². The van der Waals surface area contributed by atoms with Crippen molar-refractivity contribution in [1.29, 1.82) is 0 Å². The van der Waals surface area contributed by atoms with Crippen LogP contribution in [0.15, 0.2) is 29.2 Å². The van der Waals surface area contributed by atoms with Crippen molar-refractivity contribution >= 4 is 21.6 Å². The van der Waals surface area contributed by atoms with Gasteiger partial charge in [0.05, 0.1) is 11.4 Å². The van der Waals surface area contributed by atoms with Crippen molar-refractivity contribution in [2.24, 2.45) is 0 Å². The van der Waals surface area contributed by atoms with Crippen LogP contribution in [0.5, 0.6) is 0 Å².